The molecule has 7 nitrogen and oxygen atoms in total. The van der Waals surface area contributed by atoms with Crippen LogP contribution in [0.25, 0.3) is 5.69 Å². The van der Waals surface area contributed by atoms with E-state index in [9.17, 15) is 23.2 Å². The van der Waals surface area contributed by atoms with Crippen LogP contribution in [0.5, 0.6) is 0 Å². The number of aromatic amines is 1. The predicted molar refractivity (Wildman–Crippen MR) is 95.2 cm³/mol. The third-order valence-electron chi connectivity index (χ3n) is 4.01. The van der Waals surface area contributed by atoms with Crippen molar-refractivity contribution >= 4 is 11.9 Å². The number of nitrogens with one attached hydrogen (secondary N) is 2. The summed E-state index contributed by atoms with van der Waals surface area (Å²) in [5.41, 5.74) is -0.516. The van der Waals surface area contributed by atoms with Crippen molar-refractivity contribution in [1.82, 2.24) is 15.1 Å². The van der Waals surface area contributed by atoms with Gasteiger partial charge in [0.1, 0.15) is 23.0 Å². The van der Waals surface area contributed by atoms with E-state index in [2.05, 4.69) is 10.4 Å². The Bertz CT molecular complexity index is 1070. The highest BCUT2D eigenvalue weighted by Crippen LogP contribution is 2.18. The highest BCUT2D eigenvalue weighted by molar-refractivity contribution is 5.92. The Morgan fingerprint density at radius 2 is 1.79 bits per heavy atom. The fourth-order valence-electron chi connectivity index (χ4n) is 2.68. The van der Waals surface area contributed by atoms with Gasteiger partial charge in [0.25, 0.3) is 11.5 Å². The maximum absolute atomic E-state index is 13.9. The van der Waals surface area contributed by atoms with Crippen molar-refractivity contribution in [3.63, 3.8) is 0 Å². The lowest BCUT2D eigenvalue weighted by atomic mass is 10.0. The molecule has 0 saturated carbocycles. The summed E-state index contributed by atoms with van der Waals surface area (Å²) in [6.07, 6.45) is -0.449. The number of carboxylic acid groups (broad SMARTS) is 1. The molecule has 2 aromatic carbocycles. The first-order chi connectivity index (χ1) is 13.3. The van der Waals surface area contributed by atoms with E-state index in [-0.39, 0.29) is 11.4 Å². The van der Waals surface area contributed by atoms with E-state index < -0.39 is 41.5 Å². The molecule has 0 unspecified atom stereocenters. The fraction of sp³-hybridized carbons (Fsp3) is 0.105. The molecule has 0 aliphatic rings. The molecule has 3 aromatic rings. The van der Waals surface area contributed by atoms with E-state index >= 15 is 0 Å². The topological polar surface area (TPSA) is 104 Å². The van der Waals surface area contributed by atoms with Crippen LogP contribution in [0, 0.1) is 11.6 Å². The van der Waals surface area contributed by atoms with Gasteiger partial charge in [0.05, 0.1) is 12.5 Å². The molecule has 1 aromatic heterocycles. The number of rotatable bonds is 6. The summed E-state index contributed by atoms with van der Waals surface area (Å²) in [5.74, 6) is -3.10. The molecule has 0 fully saturated rings. The second-order valence-corrected chi connectivity index (χ2v) is 5.97. The summed E-state index contributed by atoms with van der Waals surface area (Å²) in [4.78, 5) is 35.7. The number of nitrogens with zero attached hydrogens (tertiary/aromatic N) is 1. The predicted octanol–water partition coefficient (Wildman–Crippen LogP) is 2.39. The Morgan fingerprint density at radius 1 is 1.11 bits per heavy atom. The van der Waals surface area contributed by atoms with Gasteiger partial charge >= 0.3 is 5.97 Å². The molecule has 144 valence electrons. The average Bonchev–Trinajstić information content (AvgIpc) is 3.03. The number of para-hydroxylation sites is 1. The summed E-state index contributed by atoms with van der Waals surface area (Å²) in [6, 6.07) is 10.5. The molecular formula is C19H15F2N3O4. The van der Waals surface area contributed by atoms with Gasteiger partial charge in [-0.3, -0.25) is 19.5 Å². The van der Waals surface area contributed by atoms with Crippen molar-refractivity contribution < 1.29 is 23.5 Å². The summed E-state index contributed by atoms with van der Waals surface area (Å²) in [5, 5.41) is 14.1. The van der Waals surface area contributed by atoms with Gasteiger partial charge in [0.15, 0.2) is 0 Å². The maximum atomic E-state index is 13.9. The molecular weight excluding hydrogens is 372 g/mol. The van der Waals surface area contributed by atoms with Crippen LogP contribution in [-0.2, 0) is 4.79 Å². The molecule has 1 amide bonds. The Hall–Kier alpha value is -3.75. The lowest BCUT2D eigenvalue weighted by molar-refractivity contribution is -0.137. The molecule has 0 aliphatic carbocycles. The molecule has 0 saturated heterocycles. The van der Waals surface area contributed by atoms with Crippen molar-refractivity contribution in [3.8, 4) is 5.69 Å². The second-order valence-electron chi connectivity index (χ2n) is 5.97. The minimum absolute atomic E-state index is 0.0628. The van der Waals surface area contributed by atoms with Crippen LogP contribution in [0.1, 0.15) is 28.5 Å². The van der Waals surface area contributed by atoms with Crippen molar-refractivity contribution in [1.29, 1.82) is 0 Å². The Labute approximate surface area is 157 Å². The Balaban J connectivity index is 1.87. The van der Waals surface area contributed by atoms with Crippen LogP contribution < -0.4 is 10.9 Å². The first kappa shape index (κ1) is 19.0. The van der Waals surface area contributed by atoms with Gasteiger partial charge in [0, 0.05) is 6.07 Å². The number of aliphatic carboxylic acids is 1. The summed E-state index contributed by atoms with van der Waals surface area (Å²) in [6.45, 7) is 0. The van der Waals surface area contributed by atoms with Gasteiger partial charge in [-0.25, -0.2) is 13.5 Å². The van der Waals surface area contributed by atoms with Crippen LogP contribution in [0.15, 0.2) is 59.4 Å². The first-order valence-electron chi connectivity index (χ1n) is 8.20. The molecule has 3 N–H and O–H groups in total. The number of benzene rings is 2. The monoisotopic (exact) mass is 387 g/mol. The summed E-state index contributed by atoms with van der Waals surface area (Å²) >= 11 is 0. The molecule has 1 atom stereocenters. The zero-order valence-electron chi connectivity index (χ0n) is 14.4. The number of aromatic nitrogens is 2. The van der Waals surface area contributed by atoms with Gasteiger partial charge in [-0.15, -0.1) is 0 Å². The highest BCUT2D eigenvalue weighted by atomic mass is 19.1. The molecule has 9 heteroatoms. The van der Waals surface area contributed by atoms with E-state index in [4.69, 9.17) is 5.11 Å². The van der Waals surface area contributed by atoms with Crippen LogP contribution >= 0.6 is 0 Å². The number of H-pyrrole nitrogens is 1. The van der Waals surface area contributed by atoms with Gasteiger partial charge in [-0.1, -0.05) is 24.3 Å². The molecule has 28 heavy (non-hydrogen) atoms. The molecule has 1 heterocycles. The van der Waals surface area contributed by atoms with E-state index in [0.29, 0.717) is 5.56 Å². The quantitative estimate of drug-likeness (QED) is 0.604. The third kappa shape index (κ3) is 4.14. The zero-order chi connectivity index (χ0) is 20.3. The lowest BCUT2D eigenvalue weighted by Crippen LogP contribution is -2.30. The van der Waals surface area contributed by atoms with Crippen LogP contribution in [0.2, 0.25) is 0 Å². The van der Waals surface area contributed by atoms with E-state index in [1.165, 1.54) is 36.4 Å². The number of carbonyl (C=O) groups excluding carboxylic acids is 1. The van der Waals surface area contributed by atoms with Crippen molar-refractivity contribution in [2.75, 3.05) is 0 Å². The largest absolute Gasteiger partial charge is 0.481 e. The van der Waals surface area contributed by atoms with E-state index in [1.807, 2.05) is 0 Å². The number of hydrogen-bond acceptors (Lipinski definition) is 3. The van der Waals surface area contributed by atoms with Crippen molar-refractivity contribution in [2.24, 2.45) is 0 Å². The minimum atomic E-state index is -1.17. The SMILES string of the molecule is O=C(O)C[C@H](NC(=O)c1cc(=O)n(-c2ccccc2F)[nH]1)c1ccc(F)cc1. The number of halogens is 2. The molecule has 0 spiro atoms. The van der Waals surface area contributed by atoms with Gasteiger partial charge < -0.3 is 10.4 Å². The standard InChI is InChI=1S/C19H15F2N3O4/c20-12-7-5-11(6-8-12)14(10-18(26)27)22-19(28)15-9-17(25)24(23-15)16-4-2-1-3-13(16)21/h1-9,14,23H,10H2,(H,22,28)(H,26,27)/t14-/m0/s1. The number of carboxylic acids is 1. The average molecular weight is 387 g/mol. The zero-order valence-corrected chi connectivity index (χ0v) is 14.4. The molecule has 0 bridgehead atoms. The van der Waals surface area contributed by atoms with Gasteiger partial charge in [-0.2, -0.15) is 0 Å². The number of amides is 1. The maximum Gasteiger partial charge on any atom is 0.305 e. The van der Waals surface area contributed by atoms with Gasteiger partial charge in [0.2, 0.25) is 0 Å². The fourth-order valence-corrected chi connectivity index (χ4v) is 2.68. The van der Waals surface area contributed by atoms with Crippen LogP contribution in [0.4, 0.5) is 8.78 Å². The van der Waals surface area contributed by atoms with Gasteiger partial charge in [-0.05, 0) is 29.8 Å². The first-order valence-corrected chi connectivity index (χ1v) is 8.20. The van der Waals surface area contributed by atoms with E-state index in [0.717, 1.165) is 22.9 Å². The van der Waals surface area contributed by atoms with E-state index in [1.54, 1.807) is 0 Å². The Kier molecular flexibility index (Phi) is 5.35. The van der Waals surface area contributed by atoms with Crippen molar-refractivity contribution in [3.05, 3.63) is 87.8 Å². The smallest absolute Gasteiger partial charge is 0.305 e. The van der Waals surface area contributed by atoms with Crippen molar-refractivity contribution in [2.45, 2.75) is 12.5 Å². The van der Waals surface area contributed by atoms with Crippen LogP contribution in [-0.4, -0.2) is 26.8 Å². The minimum Gasteiger partial charge on any atom is -0.481 e. The molecule has 3 rings (SSSR count). The second kappa shape index (κ2) is 7.87. The molecule has 0 aliphatic heterocycles. The highest BCUT2D eigenvalue weighted by Gasteiger charge is 2.21. The number of carbonyl (C=O) groups is 2. The lowest BCUT2D eigenvalue weighted by Gasteiger charge is -2.17. The summed E-state index contributed by atoms with van der Waals surface area (Å²) in [7, 11) is 0. The summed E-state index contributed by atoms with van der Waals surface area (Å²) < 4.78 is 27.9. The third-order valence-corrected chi connectivity index (χ3v) is 4.01. The van der Waals surface area contributed by atoms with Crippen LogP contribution in [0.3, 0.4) is 0 Å². The normalized spacial score (nSPS) is 11.8. The Morgan fingerprint density at radius 3 is 2.43 bits per heavy atom. The molecule has 0 radical (unpaired) electrons. The number of hydrogen-bond donors (Lipinski definition) is 3.